The summed E-state index contributed by atoms with van der Waals surface area (Å²) in [5, 5.41) is 2.64. The third-order valence-electron chi connectivity index (χ3n) is 2.32. The topological polar surface area (TPSA) is 25.8 Å². The van der Waals surface area contributed by atoms with Gasteiger partial charge in [0.05, 0.1) is 0 Å². The van der Waals surface area contributed by atoms with E-state index in [4.69, 9.17) is 0 Å². The fourth-order valence-electron chi connectivity index (χ4n) is 1.63. The average Bonchev–Trinajstić information content (AvgIpc) is 2.75. The molecule has 2 heterocycles. The summed E-state index contributed by atoms with van der Waals surface area (Å²) in [5.74, 6) is -1.37. The molecule has 0 saturated carbocycles. The first kappa shape index (κ1) is 13.2. The molecule has 0 bridgehead atoms. The summed E-state index contributed by atoms with van der Waals surface area (Å²) in [5.41, 5.74) is 0.794. The van der Waals surface area contributed by atoms with Crippen molar-refractivity contribution in [1.82, 2.24) is 9.97 Å². The Labute approximate surface area is 119 Å². The summed E-state index contributed by atoms with van der Waals surface area (Å²) in [6.45, 7) is 0. The molecule has 3 aromatic rings. The van der Waals surface area contributed by atoms with E-state index in [0.717, 1.165) is 16.3 Å². The summed E-state index contributed by atoms with van der Waals surface area (Å²) in [6.07, 6.45) is 1.38. The Balaban J connectivity index is 0.00000120. The van der Waals surface area contributed by atoms with Crippen molar-refractivity contribution in [3.63, 3.8) is 0 Å². The van der Waals surface area contributed by atoms with Crippen LogP contribution in [0.5, 0.6) is 0 Å². The smallest absolute Gasteiger partial charge is 0.117 e. The SMILES string of the molecule is Fc1[c-]c(-c2ncnc3sccc23)cc(F)c1.[Ir]. The standard InChI is InChI=1S/C12H5F2N2S.Ir/c13-8-3-7(4-9(14)5-8)11-10-1-2-17-12(10)16-6-15-11;/h1-3,5-6H;/q-1;. The molecule has 0 aliphatic carbocycles. The molecule has 93 valence electrons. The molecule has 0 atom stereocenters. The van der Waals surface area contributed by atoms with Gasteiger partial charge in [0, 0.05) is 37.4 Å². The van der Waals surface area contributed by atoms with Crippen LogP contribution in [0.4, 0.5) is 8.78 Å². The monoisotopic (exact) mass is 440 g/mol. The van der Waals surface area contributed by atoms with Crippen LogP contribution in [0.2, 0.25) is 0 Å². The molecule has 18 heavy (non-hydrogen) atoms. The number of thiophene rings is 1. The molecule has 0 spiro atoms. The van der Waals surface area contributed by atoms with E-state index in [-0.39, 0.29) is 20.1 Å². The number of hydrogen-bond donors (Lipinski definition) is 0. The molecule has 1 aromatic carbocycles. The summed E-state index contributed by atoms with van der Waals surface area (Å²) >= 11 is 1.45. The minimum Gasteiger partial charge on any atom is -0.285 e. The molecule has 6 heteroatoms. The Morgan fingerprint density at radius 3 is 2.78 bits per heavy atom. The van der Waals surface area contributed by atoms with Gasteiger partial charge in [-0.3, -0.25) is 4.98 Å². The predicted molar refractivity (Wildman–Crippen MR) is 61.6 cm³/mol. The zero-order chi connectivity index (χ0) is 11.8. The van der Waals surface area contributed by atoms with Crippen LogP contribution >= 0.6 is 11.3 Å². The summed E-state index contributed by atoms with van der Waals surface area (Å²) < 4.78 is 26.2. The molecular weight excluding hydrogens is 434 g/mol. The van der Waals surface area contributed by atoms with Gasteiger partial charge >= 0.3 is 0 Å². The van der Waals surface area contributed by atoms with Crippen LogP contribution in [0, 0.1) is 17.7 Å². The van der Waals surface area contributed by atoms with Gasteiger partial charge in [0.15, 0.2) is 0 Å². The Morgan fingerprint density at radius 2 is 2.00 bits per heavy atom. The third-order valence-corrected chi connectivity index (χ3v) is 3.14. The Hall–Kier alpha value is -1.23. The second kappa shape index (κ2) is 5.18. The zero-order valence-corrected chi connectivity index (χ0v) is 12.0. The molecule has 2 aromatic heterocycles. The molecule has 3 rings (SSSR count). The molecule has 0 saturated heterocycles. The van der Waals surface area contributed by atoms with E-state index in [1.54, 1.807) is 0 Å². The number of rotatable bonds is 1. The van der Waals surface area contributed by atoms with Crippen molar-refractivity contribution in [2.24, 2.45) is 0 Å². The van der Waals surface area contributed by atoms with Crippen LogP contribution in [0.15, 0.2) is 29.9 Å². The number of halogens is 2. The fourth-order valence-corrected chi connectivity index (χ4v) is 2.37. The van der Waals surface area contributed by atoms with Crippen molar-refractivity contribution in [2.45, 2.75) is 0 Å². The number of aromatic nitrogens is 2. The maximum atomic E-state index is 13.1. The van der Waals surface area contributed by atoms with Crippen molar-refractivity contribution < 1.29 is 28.9 Å². The Morgan fingerprint density at radius 1 is 1.17 bits per heavy atom. The van der Waals surface area contributed by atoms with Gasteiger partial charge in [0.25, 0.3) is 0 Å². The first-order valence-electron chi connectivity index (χ1n) is 4.81. The van der Waals surface area contributed by atoms with E-state index < -0.39 is 11.6 Å². The molecule has 0 amide bonds. The summed E-state index contributed by atoms with van der Waals surface area (Å²) in [7, 11) is 0. The van der Waals surface area contributed by atoms with E-state index in [2.05, 4.69) is 16.0 Å². The third kappa shape index (κ3) is 2.32. The van der Waals surface area contributed by atoms with E-state index in [1.807, 2.05) is 11.4 Å². The molecule has 0 fully saturated rings. The average molecular weight is 439 g/mol. The Bertz CT molecular complexity index is 679. The fraction of sp³-hybridized carbons (Fsp3) is 0. The van der Waals surface area contributed by atoms with E-state index >= 15 is 0 Å². The minimum atomic E-state index is -0.734. The molecular formula is C12H5F2IrN2S-. The van der Waals surface area contributed by atoms with Gasteiger partial charge in [-0.15, -0.1) is 29.0 Å². The molecule has 2 nitrogen and oxygen atoms in total. The van der Waals surface area contributed by atoms with Gasteiger partial charge in [-0.25, -0.2) is 13.8 Å². The van der Waals surface area contributed by atoms with Gasteiger partial charge in [-0.1, -0.05) is 6.07 Å². The van der Waals surface area contributed by atoms with Crippen LogP contribution in [0.1, 0.15) is 0 Å². The van der Waals surface area contributed by atoms with Crippen LogP contribution < -0.4 is 0 Å². The normalized spacial score (nSPS) is 10.3. The van der Waals surface area contributed by atoms with Gasteiger partial charge in [-0.2, -0.15) is 0 Å². The molecule has 0 aliphatic heterocycles. The van der Waals surface area contributed by atoms with Gasteiger partial charge < -0.3 is 0 Å². The maximum absolute atomic E-state index is 13.1. The van der Waals surface area contributed by atoms with Crippen LogP contribution in [0.25, 0.3) is 21.5 Å². The number of benzene rings is 1. The van der Waals surface area contributed by atoms with E-state index in [9.17, 15) is 8.78 Å². The molecule has 0 unspecified atom stereocenters. The molecule has 0 aliphatic rings. The van der Waals surface area contributed by atoms with Crippen LogP contribution in [0.3, 0.4) is 0 Å². The van der Waals surface area contributed by atoms with Crippen molar-refractivity contribution in [2.75, 3.05) is 0 Å². The zero-order valence-electron chi connectivity index (χ0n) is 8.78. The van der Waals surface area contributed by atoms with Crippen molar-refractivity contribution in [3.8, 4) is 11.3 Å². The predicted octanol–water partition coefficient (Wildman–Crippen LogP) is 3.43. The maximum Gasteiger partial charge on any atom is 0.117 e. The summed E-state index contributed by atoms with van der Waals surface area (Å²) in [6, 6.07) is 6.28. The molecule has 0 N–H and O–H groups in total. The van der Waals surface area contributed by atoms with Crippen molar-refractivity contribution in [1.29, 1.82) is 0 Å². The molecule has 1 radical (unpaired) electrons. The second-order valence-corrected chi connectivity index (χ2v) is 4.32. The van der Waals surface area contributed by atoms with Gasteiger partial charge in [0.1, 0.15) is 11.2 Å². The second-order valence-electron chi connectivity index (χ2n) is 3.42. The number of hydrogen-bond acceptors (Lipinski definition) is 3. The van der Waals surface area contributed by atoms with E-state index in [0.29, 0.717) is 11.3 Å². The number of fused-ring (bicyclic) bond motifs is 1. The minimum absolute atomic E-state index is 0. The Kier molecular flexibility index (Phi) is 3.80. The van der Waals surface area contributed by atoms with Crippen molar-refractivity contribution in [3.05, 3.63) is 47.6 Å². The van der Waals surface area contributed by atoms with Gasteiger partial charge in [0.2, 0.25) is 0 Å². The van der Waals surface area contributed by atoms with Gasteiger partial charge in [-0.05, 0) is 16.8 Å². The number of nitrogens with zero attached hydrogens (tertiary/aromatic N) is 2. The van der Waals surface area contributed by atoms with Crippen molar-refractivity contribution >= 4 is 21.6 Å². The first-order chi connectivity index (χ1) is 8.24. The largest absolute Gasteiger partial charge is 0.285 e. The van der Waals surface area contributed by atoms with E-state index in [1.165, 1.54) is 23.7 Å². The summed E-state index contributed by atoms with van der Waals surface area (Å²) in [4.78, 5) is 8.93. The quantitative estimate of drug-likeness (QED) is 0.543. The van der Waals surface area contributed by atoms with Crippen LogP contribution in [-0.4, -0.2) is 9.97 Å². The first-order valence-corrected chi connectivity index (χ1v) is 5.69. The van der Waals surface area contributed by atoms with Crippen LogP contribution in [-0.2, 0) is 20.1 Å².